The van der Waals surface area contributed by atoms with Crippen molar-refractivity contribution in [2.24, 2.45) is 0 Å². The van der Waals surface area contributed by atoms with Crippen molar-refractivity contribution in [1.29, 1.82) is 0 Å². The van der Waals surface area contributed by atoms with Crippen LogP contribution < -0.4 is 5.32 Å². The second-order valence-electron chi connectivity index (χ2n) is 6.77. The molecule has 0 aliphatic heterocycles. The van der Waals surface area contributed by atoms with Crippen LogP contribution in [0, 0.1) is 0 Å². The summed E-state index contributed by atoms with van der Waals surface area (Å²) in [6.45, 7) is 9.89. The van der Waals surface area contributed by atoms with Gasteiger partial charge in [0.1, 0.15) is 0 Å². The van der Waals surface area contributed by atoms with Crippen molar-refractivity contribution < 1.29 is 13.2 Å². The Morgan fingerprint density at radius 2 is 2.10 bits per heavy atom. The zero-order valence-corrected chi connectivity index (χ0v) is 19.2. The van der Waals surface area contributed by atoms with Gasteiger partial charge in [0.2, 0.25) is 5.91 Å². The summed E-state index contributed by atoms with van der Waals surface area (Å²) in [6, 6.07) is 3.17. The van der Waals surface area contributed by atoms with Gasteiger partial charge in [0.15, 0.2) is 25.8 Å². The molecular weight excluding hydrogens is 422 g/mol. The smallest absolute Gasteiger partial charge is 0.233 e. The maximum Gasteiger partial charge on any atom is 0.233 e. The highest BCUT2D eigenvalue weighted by Crippen LogP contribution is 2.27. The summed E-state index contributed by atoms with van der Waals surface area (Å²) in [5.41, 5.74) is 0.603. The van der Waals surface area contributed by atoms with Crippen LogP contribution >= 0.6 is 11.8 Å². The van der Waals surface area contributed by atoms with Crippen LogP contribution in [0.4, 0.5) is 0 Å². The quantitative estimate of drug-likeness (QED) is 0.439. The molecular formula is C20H27N5O3S2. The number of hydrogen-bond donors (Lipinski definition) is 1. The van der Waals surface area contributed by atoms with Crippen molar-refractivity contribution in [2.45, 2.75) is 55.2 Å². The van der Waals surface area contributed by atoms with Crippen molar-refractivity contribution in [3.8, 4) is 11.4 Å². The lowest BCUT2D eigenvalue weighted by molar-refractivity contribution is -0.120. The van der Waals surface area contributed by atoms with Crippen LogP contribution in [0.5, 0.6) is 0 Å². The van der Waals surface area contributed by atoms with E-state index in [1.54, 1.807) is 12.1 Å². The lowest BCUT2D eigenvalue weighted by Crippen LogP contribution is -2.37. The highest BCUT2D eigenvalue weighted by Gasteiger charge is 2.22. The fourth-order valence-corrected chi connectivity index (χ4v) is 4.15. The van der Waals surface area contributed by atoms with E-state index < -0.39 is 9.84 Å². The van der Waals surface area contributed by atoms with E-state index in [1.807, 2.05) is 37.5 Å². The fraction of sp³-hybridized carbons (Fsp3) is 0.400. The highest BCUT2D eigenvalue weighted by molar-refractivity contribution is 8.00. The third-order valence-corrected chi connectivity index (χ3v) is 6.27. The van der Waals surface area contributed by atoms with Gasteiger partial charge in [0.25, 0.3) is 0 Å². The first-order chi connectivity index (χ1) is 14.2. The molecule has 162 valence electrons. The number of hydrogen-bond acceptors (Lipinski definition) is 7. The van der Waals surface area contributed by atoms with Gasteiger partial charge in [-0.2, -0.15) is 0 Å². The fourth-order valence-electron chi connectivity index (χ4n) is 2.64. The Balaban J connectivity index is 2.17. The average Bonchev–Trinajstić information content (AvgIpc) is 3.10. The summed E-state index contributed by atoms with van der Waals surface area (Å²) < 4.78 is 25.5. The van der Waals surface area contributed by atoms with Crippen LogP contribution in [0.3, 0.4) is 0 Å². The number of carbonyl (C=O) groups is 1. The van der Waals surface area contributed by atoms with Gasteiger partial charge in [-0.1, -0.05) is 36.6 Å². The molecule has 2 rings (SSSR count). The number of nitrogens with zero attached hydrogens (tertiary/aromatic N) is 4. The topological polar surface area (TPSA) is 107 Å². The largest absolute Gasteiger partial charge is 0.352 e. The van der Waals surface area contributed by atoms with Crippen molar-refractivity contribution in [3.05, 3.63) is 43.1 Å². The van der Waals surface area contributed by atoms with E-state index in [2.05, 4.69) is 27.1 Å². The van der Waals surface area contributed by atoms with Gasteiger partial charge in [-0.15, -0.1) is 10.2 Å². The van der Waals surface area contributed by atoms with Crippen molar-refractivity contribution in [3.63, 3.8) is 0 Å². The van der Waals surface area contributed by atoms with Gasteiger partial charge >= 0.3 is 0 Å². The minimum Gasteiger partial charge on any atom is -0.352 e. The number of thioether (sulfide) groups is 1. The molecule has 0 aromatic carbocycles. The normalized spacial score (nSPS) is 13.9. The SMILES string of the molecule is C=C/C=C\CC(C)NC(=O)C(C)Sc1nnc(-c2ccnc(S(C)(=O)=O)c2)n1CC. The minimum atomic E-state index is -3.43. The van der Waals surface area contributed by atoms with Crippen molar-refractivity contribution in [2.75, 3.05) is 6.26 Å². The third-order valence-electron chi connectivity index (χ3n) is 4.21. The summed E-state index contributed by atoms with van der Waals surface area (Å²) in [5, 5.41) is 11.6. The number of amides is 1. The van der Waals surface area contributed by atoms with E-state index >= 15 is 0 Å². The Labute approximate surface area is 181 Å². The molecule has 2 heterocycles. The second-order valence-corrected chi connectivity index (χ2v) is 10.0. The molecule has 2 aromatic heterocycles. The Morgan fingerprint density at radius 1 is 1.37 bits per heavy atom. The van der Waals surface area contributed by atoms with Gasteiger partial charge < -0.3 is 9.88 Å². The number of rotatable bonds is 10. The summed E-state index contributed by atoms with van der Waals surface area (Å²) >= 11 is 1.31. The molecule has 0 saturated heterocycles. The lowest BCUT2D eigenvalue weighted by Gasteiger charge is -2.16. The standard InChI is InChI=1S/C20H27N5O3S2/c1-6-8-9-10-14(3)22-19(26)15(4)29-20-24-23-18(25(20)7-2)16-11-12-21-17(13-16)30(5,27)28/h6,8-9,11-15H,1,7,10H2,2-5H3,(H,22,26)/b9-8-. The predicted octanol–water partition coefficient (Wildman–Crippen LogP) is 2.88. The van der Waals surface area contributed by atoms with Crippen LogP contribution in [0.15, 0.2) is 53.3 Å². The van der Waals surface area contributed by atoms with Crippen molar-refractivity contribution >= 4 is 27.5 Å². The van der Waals surface area contributed by atoms with Crippen LogP contribution in [-0.4, -0.2) is 51.6 Å². The number of pyridine rings is 1. The number of carbonyl (C=O) groups excluding carboxylic acids is 1. The highest BCUT2D eigenvalue weighted by atomic mass is 32.2. The Bertz CT molecular complexity index is 1030. The molecule has 0 radical (unpaired) electrons. The Kier molecular flexibility index (Phi) is 8.36. The first-order valence-electron chi connectivity index (χ1n) is 9.51. The predicted molar refractivity (Wildman–Crippen MR) is 119 cm³/mol. The van der Waals surface area contributed by atoms with E-state index in [9.17, 15) is 13.2 Å². The monoisotopic (exact) mass is 449 g/mol. The summed E-state index contributed by atoms with van der Waals surface area (Å²) in [5.74, 6) is 0.442. The summed E-state index contributed by atoms with van der Waals surface area (Å²) in [6.07, 6.45) is 8.76. The number of nitrogens with one attached hydrogen (secondary N) is 1. The molecule has 8 nitrogen and oxygen atoms in total. The first kappa shape index (κ1) is 23.8. The second kappa shape index (κ2) is 10.5. The minimum absolute atomic E-state index is 0.00240. The summed E-state index contributed by atoms with van der Waals surface area (Å²) in [7, 11) is -3.43. The molecule has 0 aliphatic carbocycles. The van der Waals surface area contributed by atoms with Crippen LogP contribution in [0.25, 0.3) is 11.4 Å². The van der Waals surface area contributed by atoms with E-state index in [1.165, 1.54) is 24.0 Å². The molecule has 0 spiro atoms. The molecule has 0 aliphatic rings. The number of aromatic nitrogens is 4. The Hall–Kier alpha value is -2.46. The molecule has 2 atom stereocenters. The first-order valence-corrected chi connectivity index (χ1v) is 12.3. The molecule has 1 amide bonds. The van der Waals surface area contributed by atoms with Gasteiger partial charge in [-0.3, -0.25) is 4.79 Å². The molecule has 0 saturated carbocycles. The number of sulfone groups is 1. The van der Waals surface area contributed by atoms with Crippen molar-refractivity contribution in [1.82, 2.24) is 25.1 Å². The molecule has 0 fully saturated rings. The van der Waals surface area contributed by atoms with E-state index in [-0.39, 0.29) is 22.2 Å². The average molecular weight is 450 g/mol. The van der Waals surface area contributed by atoms with E-state index in [0.29, 0.717) is 23.1 Å². The molecule has 2 unspecified atom stereocenters. The molecule has 0 bridgehead atoms. The number of allylic oxidation sites excluding steroid dienone is 2. The lowest BCUT2D eigenvalue weighted by atomic mass is 10.2. The van der Waals surface area contributed by atoms with Gasteiger partial charge in [-0.05, 0) is 39.3 Å². The zero-order valence-electron chi connectivity index (χ0n) is 17.6. The van der Waals surface area contributed by atoms with E-state index in [0.717, 1.165) is 12.7 Å². The molecule has 10 heteroatoms. The van der Waals surface area contributed by atoms with Crippen LogP contribution in [0.2, 0.25) is 0 Å². The van der Waals surface area contributed by atoms with E-state index in [4.69, 9.17) is 0 Å². The zero-order chi connectivity index (χ0) is 22.3. The Morgan fingerprint density at radius 3 is 2.73 bits per heavy atom. The van der Waals surface area contributed by atoms with Gasteiger partial charge in [0.05, 0.1) is 5.25 Å². The van der Waals surface area contributed by atoms with Crippen LogP contribution in [0.1, 0.15) is 27.2 Å². The van der Waals surface area contributed by atoms with Gasteiger partial charge in [-0.25, -0.2) is 13.4 Å². The molecule has 30 heavy (non-hydrogen) atoms. The van der Waals surface area contributed by atoms with Crippen LogP contribution in [-0.2, 0) is 21.2 Å². The van der Waals surface area contributed by atoms with Gasteiger partial charge in [0, 0.05) is 30.6 Å². The molecule has 2 aromatic rings. The maximum absolute atomic E-state index is 12.5. The maximum atomic E-state index is 12.5. The third kappa shape index (κ3) is 6.27. The summed E-state index contributed by atoms with van der Waals surface area (Å²) in [4.78, 5) is 16.4. The molecule has 1 N–H and O–H groups in total.